The number of aromatic nitrogens is 3. The first kappa shape index (κ1) is 61.2. The van der Waals surface area contributed by atoms with Crippen molar-refractivity contribution in [2.24, 2.45) is 11.8 Å². The van der Waals surface area contributed by atoms with Crippen LogP contribution >= 0.6 is 0 Å². The van der Waals surface area contributed by atoms with Crippen LogP contribution in [0.25, 0.3) is 0 Å². The summed E-state index contributed by atoms with van der Waals surface area (Å²) in [6.45, 7) is 17.4. The molecule has 4 heterocycles. The minimum Gasteiger partial charge on any atom is -0.459 e. The first-order valence-corrected chi connectivity index (χ1v) is 27.3. The summed E-state index contributed by atoms with van der Waals surface area (Å²) < 4.78 is 72.2. The predicted octanol–water partition coefficient (Wildman–Crippen LogP) is 3.88. The van der Waals surface area contributed by atoms with Gasteiger partial charge in [-0.05, 0) is 105 Å². The first-order chi connectivity index (χ1) is 34.2. The van der Waals surface area contributed by atoms with Crippen LogP contribution in [0, 0.1) is 11.8 Å². The van der Waals surface area contributed by atoms with E-state index >= 15 is 0 Å². The third kappa shape index (κ3) is 14.7. The average Bonchev–Trinajstić information content (AvgIpc) is 3.82. The van der Waals surface area contributed by atoms with E-state index in [0.717, 1.165) is 0 Å². The van der Waals surface area contributed by atoms with Crippen molar-refractivity contribution in [1.82, 2.24) is 24.8 Å². The Kier molecular flexibility index (Phi) is 21.9. The highest BCUT2D eigenvalue weighted by Gasteiger charge is 2.51. The average molecular weight is 1060 g/mol. The van der Waals surface area contributed by atoms with Gasteiger partial charge < -0.3 is 68.5 Å². The number of likely N-dealkylation sites (N-methyl/N-ethyl adjacent to an activating group) is 2. The summed E-state index contributed by atoms with van der Waals surface area (Å²) in [5.41, 5.74) is -3.26. The Morgan fingerprint density at radius 1 is 0.973 bits per heavy atom. The van der Waals surface area contributed by atoms with Crippen LogP contribution in [-0.2, 0) is 55.2 Å². The minimum absolute atomic E-state index is 0.0871. The maximum absolute atomic E-state index is 14.8. The fourth-order valence-corrected chi connectivity index (χ4v) is 11.7. The fraction of sp³-hybridized carbons (Fsp3) is 0.827. The lowest BCUT2D eigenvalue weighted by molar-refractivity contribution is -0.308. The van der Waals surface area contributed by atoms with Gasteiger partial charge >= 0.3 is 5.97 Å². The van der Waals surface area contributed by atoms with Gasteiger partial charge in [0.05, 0.1) is 58.0 Å². The number of aliphatic hydroxyl groups excluding tert-OH is 3. The van der Waals surface area contributed by atoms with Gasteiger partial charge in [-0.15, -0.1) is 5.10 Å². The molecule has 418 valence electrons. The van der Waals surface area contributed by atoms with Gasteiger partial charge in [-0.1, -0.05) is 38.1 Å². The number of methoxy groups -OCH3 is 2. The first-order valence-electron chi connectivity index (χ1n) is 26.0. The van der Waals surface area contributed by atoms with E-state index in [1.54, 1.807) is 72.0 Å². The maximum Gasteiger partial charge on any atom is 0.311 e. The van der Waals surface area contributed by atoms with E-state index in [2.05, 4.69) is 10.3 Å². The van der Waals surface area contributed by atoms with Gasteiger partial charge in [-0.25, -0.2) is 9.07 Å². The number of hydrogen-bond acceptors (Lipinski definition) is 18. The van der Waals surface area contributed by atoms with E-state index < -0.39 is 132 Å². The summed E-state index contributed by atoms with van der Waals surface area (Å²) in [6.07, 6.45) is -8.09. The van der Waals surface area contributed by atoms with Crippen molar-refractivity contribution in [1.29, 1.82) is 0 Å². The molecule has 0 radical (unpaired) electrons. The number of halogens is 1. The van der Waals surface area contributed by atoms with Gasteiger partial charge in [-0.2, -0.15) is 0 Å². The van der Waals surface area contributed by atoms with Crippen LogP contribution in [0.4, 0.5) is 4.39 Å². The van der Waals surface area contributed by atoms with E-state index in [1.165, 1.54) is 25.8 Å². The molecule has 20 atom stereocenters. The van der Waals surface area contributed by atoms with Gasteiger partial charge in [0.15, 0.2) is 12.6 Å². The zero-order chi connectivity index (χ0) is 54.3. The number of cyclic esters (lactones) is 1. The number of carbonyl (C=O) groups is 1. The number of benzene rings is 1. The standard InChI is InChI=1S/C52H88FN5O14S/c1-15-41-52(10,64)46(60)33(6)57(12)28-30(3)25-50(8,63)42(24-40(32(5)48(62)71-41)70-43-26-51(9,67-14)47(61)34(7)69-43)72-49-44(59)38(23-31(4)68-49)56(11)22-21-36-29-58(55-54-36)39(27-53)45(66-13)35-17-19-37(20-18-35)73(65)16-2/h17-20,29-34,38-47,49,59-61,63-64H,15-16,21-28H2,1-14H3/t30-,31-,32-,33-,34+,38+,39-,40+,41-,42-,43+,44-,45-,46-,47+,49+,50-,51-,52-,73?/m1/s1. The Morgan fingerprint density at radius 2 is 1.64 bits per heavy atom. The zero-order valence-electron chi connectivity index (χ0n) is 45.6. The Labute approximate surface area is 434 Å². The molecule has 73 heavy (non-hydrogen) atoms. The molecule has 0 spiro atoms. The number of hydrogen-bond donors (Lipinski definition) is 5. The molecule has 3 aliphatic heterocycles. The summed E-state index contributed by atoms with van der Waals surface area (Å²) in [7, 11) is 5.55. The second-order valence-corrected chi connectivity index (χ2v) is 23.5. The minimum atomic E-state index is -1.85. The van der Waals surface area contributed by atoms with E-state index in [-0.39, 0.29) is 31.6 Å². The zero-order valence-corrected chi connectivity index (χ0v) is 46.4. The molecule has 5 N–H and O–H groups in total. The lowest BCUT2D eigenvalue weighted by Crippen LogP contribution is -2.59. The monoisotopic (exact) mass is 1060 g/mol. The molecule has 3 fully saturated rings. The normalized spacial score (nSPS) is 39.1. The smallest absolute Gasteiger partial charge is 0.311 e. The van der Waals surface area contributed by atoms with Gasteiger partial charge in [0.25, 0.3) is 0 Å². The molecule has 21 heteroatoms. The van der Waals surface area contributed by atoms with Crippen molar-refractivity contribution in [2.75, 3.05) is 53.8 Å². The molecule has 3 saturated heterocycles. The summed E-state index contributed by atoms with van der Waals surface area (Å²) in [4.78, 5) is 18.9. The summed E-state index contributed by atoms with van der Waals surface area (Å²) in [5, 5.41) is 68.0. The number of ether oxygens (including phenoxy) is 7. The quantitative estimate of drug-likeness (QED) is 0.141. The van der Waals surface area contributed by atoms with Crippen molar-refractivity contribution in [3.05, 3.63) is 41.7 Å². The Hall–Kier alpha value is -2.61. The maximum atomic E-state index is 14.8. The van der Waals surface area contributed by atoms with Crippen LogP contribution in [0.3, 0.4) is 0 Å². The molecule has 0 amide bonds. The molecule has 1 aromatic heterocycles. The van der Waals surface area contributed by atoms with Crippen LogP contribution < -0.4 is 0 Å². The van der Waals surface area contributed by atoms with Crippen LogP contribution in [0.15, 0.2) is 35.4 Å². The van der Waals surface area contributed by atoms with E-state index in [0.29, 0.717) is 47.8 Å². The molecule has 1 unspecified atom stereocenters. The number of esters is 1. The lowest BCUT2D eigenvalue weighted by atomic mass is 9.83. The number of alkyl halides is 1. The number of nitrogens with zero attached hydrogens (tertiary/aromatic N) is 5. The lowest BCUT2D eigenvalue weighted by Gasteiger charge is -2.47. The highest BCUT2D eigenvalue weighted by molar-refractivity contribution is 7.85. The Morgan fingerprint density at radius 3 is 2.25 bits per heavy atom. The molecule has 0 saturated carbocycles. The third-order valence-corrected chi connectivity index (χ3v) is 17.2. The van der Waals surface area contributed by atoms with E-state index in [9.17, 15) is 38.9 Å². The second kappa shape index (κ2) is 26.2. The highest BCUT2D eigenvalue weighted by Crippen LogP contribution is 2.39. The van der Waals surface area contributed by atoms with Gasteiger partial charge in [-0.3, -0.25) is 9.00 Å². The number of rotatable bonds is 17. The van der Waals surface area contributed by atoms with Crippen molar-refractivity contribution < 1.29 is 72.1 Å². The SMILES string of the molecule is CC[C@H]1OC(=O)[C@H](C)[C@@H](O[C@H]2C[C@@](C)(OC)[C@@H](O)[C@H](C)O2)C[C@@H](O[C@@H]2O[C@H](C)C[C@H](N(C)CCc3cn([C@H](CF)[C@H](OC)c4ccc(S(=O)CC)cc4)nn3)[C@H]2O)[C@](C)(O)C[C@@H](C)CN(C)[C@H](C)[C@@H](O)[C@]1(C)O. The predicted molar refractivity (Wildman–Crippen MR) is 270 cm³/mol. The topological polar surface area (TPSA) is 237 Å². The van der Waals surface area contributed by atoms with Crippen LogP contribution in [0.5, 0.6) is 0 Å². The Bertz CT molecular complexity index is 2060. The molecule has 2 aromatic rings. The molecule has 0 aliphatic carbocycles. The van der Waals surface area contributed by atoms with Gasteiger partial charge in [0.2, 0.25) is 0 Å². The summed E-state index contributed by atoms with van der Waals surface area (Å²) in [5.74, 6) is -1.52. The van der Waals surface area contributed by atoms with Crippen molar-refractivity contribution in [2.45, 2.75) is 215 Å². The molecule has 19 nitrogen and oxygen atoms in total. The second-order valence-electron chi connectivity index (χ2n) is 21.7. The van der Waals surface area contributed by atoms with Crippen LogP contribution in [0.1, 0.15) is 125 Å². The number of aliphatic hydroxyl groups is 5. The molecule has 0 bridgehead atoms. The van der Waals surface area contributed by atoms with Crippen molar-refractivity contribution >= 4 is 16.8 Å². The fourth-order valence-electron chi connectivity index (χ4n) is 10.9. The van der Waals surface area contributed by atoms with Gasteiger partial charge in [0, 0.05) is 75.5 Å². The largest absolute Gasteiger partial charge is 0.459 e. The van der Waals surface area contributed by atoms with Crippen LogP contribution in [-0.4, -0.2) is 205 Å². The third-order valence-electron chi connectivity index (χ3n) is 15.9. The van der Waals surface area contributed by atoms with Crippen molar-refractivity contribution in [3.63, 3.8) is 0 Å². The Balaban J connectivity index is 1.41. The molecule has 3 aliphatic rings. The summed E-state index contributed by atoms with van der Waals surface area (Å²) in [6, 6.07) is 5.19. The van der Waals surface area contributed by atoms with Crippen LogP contribution in [0.2, 0.25) is 0 Å². The molecular weight excluding hydrogens is 970 g/mol. The van der Waals surface area contributed by atoms with E-state index in [1.807, 2.05) is 44.7 Å². The highest BCUT2D eigenvalue weighted by atomic mass is 32.2. The molecule has 1 aromatic carbocycles. The molecular formula is C52H88FN5O14S. The van der Waals surface area contributed by atoms with Gasteiger partial charge in [0.1, 0.15) is 48.8 Å². The number of carbonyl (C=O) groups excluding carboxylic acids is 1. The van der Waals surface area contributed by atoms with Crippen molar-refractivity contribution in [3.8, 4) is 0 Å². The van der Waals surface area contributed by atoms with E-state index in [4.69, 9.17) is 33.2 Å². The summed E-state index contributed by atoms with van der Waals surface area (Å²) >= 11 is 0. The molecule has 5 rings (SSSR count).